The number of nitrogens with zero attached hydrogens (tertiary/aromatic N) is 4. The van der Waals surface area contributed by atoms with Crippen LogP contribution < -0.4 is 4.90 Å². The second-order valence-electron chi connectivity index (χ2n) is 8.90. The first kappa shape index (κ1) is 22.3. The van der Waals surface area contributed by atoms with E-state index >= 15 is 0 Å². The van der Waals surface area contributed by atoms with E-state index < -0.39 is 0 Å². The average molecular weight is 450 g/mol. The molecule has 1 aliphatic heterocycles. The maximum absolute atomic E-state index is 5.45. The molecule has 0 bridgehead atoms. The highest BCUT2D eigenvalue weighted by Crippen LogP contribution is 2.27. The van der Waals surface area contributed by atoms with Crippen LogP contribution >= 0.6 is 0 Å². The monoisotopic (exact) mass is 449 g/mol. The molecule has 0 spiro atoms. The highest BCUT2D eigenvalue weighted by atomic mass is 16.5. The third-order valence-electron chi connectivity index (χ3n) is 6.04. The molecule has 4 aromatic rings. The summed E-state index contributed by atoms with van der Waals surface area (Å²) >= 11 is 0. The van der Waals surface area contributed by atoms with Crippen LogP contribution in [0.1, 0.15) is 5.56 Å². The lowest BCUT2D eigenvalue weighted by atomic mass is 10.0. The molecule has 5 rings (SSSR count). The molecule has 0 atom stereocenters. The van der Waals surface area contributed by atoms with E-state index in [0.717, 1.165) is 66.4 Å². The minimum absolute atomic E-state index is 0.791. The summed E-state index contributed by atoms with van der Waals surface area (Å²) in [5.41, 5.74) is 8.70. The van der Waals surface area contributed by atoms with Crippen LogP contribution in [-0.4, -0.2) is 55.3 Å². The maximum atomic E-state index is 5.45. The van der Waals surface area contributed by atoms with E-state index in [4.69, 9.17) is 9.72 Å². The van der Waals surface area contributed by atoms with Gasteiger partial charge in [-0.3, -0.25) is 9.97 Å². The van der Waals surface area contributed by atoms with Crippen molar-refractivity contribution >= 4 is 5.69 Å². The van der Waals surface area contributed by atoms with Crippen LogP contribution in [0.15, 0.2) is 79.3 Å². The fraction of sp³-hybridized carbons (Fsp3) is 0.241. The van der Waals surface area contributed by atoms with Gasteiger partial charge in [0.2, 0.25) is 0 Å². The van der Waals surface area contributed by atoms with Crippen LogP contribution in [0.25, 0.3) is 33.5 Å². The summed E-state index contributed by atoms with van der Waals surface area (Å²) in [6.45, 7) is 4.37. The van der Waals surface area contributed by atoms with Crippen molar-refractivity contribution in [2.75, 3.05) is 45.3 Å². The molecule has 5 nitrogen and oxygen atoms in total. The predicted octanol–water partition coefficient (Wildman–Crippen LogP) is 5.18. The summed E-state index contributed by atoms with van der Waals surface area (Å²) in [6.07, 6.45) is 5.67. The third kappa shape index (κ3) is 5.16. The Morgan fingerprint density at radius 1 is 0.853 bits per heavy atom. The highest BCUT2D eigenvalue weighted by molar-refractivity contribution is 5.72. The summed E-state index contributed by atoms with van der Waals surface area (Å²) in [5.74, 6) is 0. The zero-order valence-corrected chi connectivity index (χ0v) is 19.7. The average Bonchev–Trinajstić information content (AvgIpc) is 2.89. The van der Waals surface area contributed by atoms with E-state index in [0.29, 0.717) is 0 Å². The molecule has 2 aromatic heterocycles. The van der Waals surface area contributed by atoms with Gasteiger partial charge in [-0.05, 0) is 61.1 Å². The van der Waals surface area contributed by atoms with Crippen LogP contribution in [0.5, 0.6) is 0 Å². The largest absolute Gasteiger partial charge is 0.378 e. The predicted molar refractivity (Wildman–Crippen MR) is 138 cm³/mol. The third-order valence-corrected chi connectivity index (χ3v) is 6.04. The molecular weight excluding hydrogens is 420 g/mol. The number of aromatic nitrogens is 2. The van der Waals surface area contributed by atoms with Crippen molar-refractivity contribution in [2.45, 2.75) is 6.54 Å². The smallest absolute Gasteiger partial charge is 0.0797 e. The Morgan fingerprint density at radius 2 is 1.65 bits per heavy atom. The molecule has 1 aliphatic rings. The minimum atomic E-state index is 0.791. The van der Waals surface area contributed by atoms with Crippen LogP contribution in [0.4, 0.5) is 5.69 Å². The van der Waals surface area contributed by atoms with Gasteiger partial charge in [0, 0.05) is 66.7 Å². The summed E-state index contributed by atoms with van der Waals surface area (Å²) in [5, 5.41) is 0. The first-order valence-electron chi connectivity index (χ1n) is 11.7. The van der Waals surface area contributed by atoms with Gasteiger partial charge in [-0.2, -0.15) is 0 Å². The number of anilines is 1. The van der Waals surface area contributed by atoms with E-state index in [1.807, 2.05) is 24.7 Å². The van der Waals surface area contributed by atoms with E-state index in [2.05, 4.69) is 89.5 Å². The molecule has 1 radical (unpaired) electrons. The van der Waals surface area contributed by atoms with Crippen molar-refractivity contribution in [3.8, 4) is 33.5 Å². The molecule has 0 N–H and O–H groups in total. The first-order valence-corrected chi connectivity index (χ1v) is 11.7. The van der Waals surface area contributed by atoms with Gasteiger partial charge in [0.15, 0.2) is 0 Å². The molecule has 5 heteroatoms. The Hall–Kier alpha value is -3.54. The Kier molecular flexibility index (Phi) is 6.65. The van der Waals surface area contributed by atoms with Gasteiger partial charge in [-0.15, -0.1) is 0 Å². The highest BCUT2D eigenvalue weighted by Gasteiger charge is 2.11. The van der Waals surface area contributed by atoms with Gasteiger partial charge >= 0.3 is 0 Å². The number of rotatable bonds is 6. The van der Waals surface area contributed by atoms with Gasteiger partial charge in [0.1, 0.15) is 0 Å². The first-order chi connectivity index (χ1) is 16.7. The fourth-order valence-corrected chi connectivity index (χ4v) is 4.30. The number of ether oxygens (including phenoxy) is 1. The van der Waals surface area contributed by atoms with Crippen molar-refractivity contribution in [1.29, 1.82) is 0 Å². The molecule has 171 valence electrons. The molecule has 2 aromatic carbocycles. The number of pyridine rings is 2. The summed E-state index contributed by atoms with van der Waals surface area (Å²) in [6, 6.07) is 24.8. The van der Waals surface area contributed by atoms with Crippen LogP contribution in [0.2, 0.25) is 0 Å². The Morgan fingerprint density at radius 3 is 2.38 bits per heavy atom. The second-order valence-corrected chi connectivity index (χ2v) is 8.90. The standard InChI is InChI=1S/C29H29N4O/c1-32(2)21-22-4-3-5-24(16-22)26-17-27(19-30-18-26)29-11-8-25(20-31-29)23-6-9-28(10-7-23)33-12-14-34-15-13-33/h3-10,16-20H,12-15,21H2,1-2H3. The maximum Gasteiger partial charge on any atom is 0.0797 e. The van der Waals surface area contributed by atoms with Crippen molar-refractivity contribution in [3.63, 3.8) is 0 Å². The van der Waals surface area contributed by atoms with Crippen LogP contribution in [0, 0.1) is 6.07 Å². The SMILES string of the molecule is CN(C)Cc1cccc(-c2cncc(-c3[c]cc(-c4ccc(N5CCOCC5)cc4)cn3)c2)c1. The Labute approximate surface area is 201 Å². The molecule has 1 saturated heterocycles. The molecule has 0 unspecified atom stereocenters. The Bertz CT molecular complexity index is 1230. The van der Waals surface area contributed by atoms with Crippen LogP contribution in [-0.2, 0) is 11.3 Å². The number of hydrogen-bond acceptors (Lipinski definition) is 5. The molecule has 0 saturated carbocycles. The zero-order chi connectivity index (χ0) is 23.3. The Balaban J connectivity index is 1.34. The van der Waals surface area contributed by atoms with Crippen molar-refractivity contribution in [2.24, 2.45) is 0 Å². The summed E-state index contributed by atoms with van der Waals surface area (Å²) < 4.78 is 5.45. The summed E-state index contributed by atoms with van der Waals surface area (Å²) in [7, 11) is 4.16. The lowest BCUT2D eigenvalue weighted by Crippen LogP contribution is -2.36. The molecule has 1 fully saturated rings. The topological polar surface area (TPSA) is 41.5 Å². The quantitative estimate of drug-likeness (QED) is 0.406. The van der Waals surface area contributed by atoms with Crippen molar-refractivity contribution < 1.29 is 4.74 Å². The van der Waals surface area contributed by atoms with Gasteiger partial charge in [0.25, 0.3) is 0 Å². The van der Waals surface area contributed by atoms with Gasteiger partial charge < -0.3 is 14.5 Å². The van der Waals surface area contributed by atoms with Crippen LogP contribution in [0.3, 0.4) is 0 Å². The number of hydrogen-bond donors (Lipinski definition) is 0. The molecule has 3 heterocycles. The van der Waals surface area contributed by atoms with E-state index in [9.17, 15) is 0 Å². The lowest BCUT2D eigenvalue weighted by molar-refractivity contribution is 0.122. The molecule has 0 amide bonds. The fourth-order valence-electron chi connectivity index (χ4n) is 4.30. The van der Waals surface area contributed by atoms with Gasteiger partial charge in [0.05, 0.1) is 18.9 Å². The van der Waals surface area contributed by atoms with Gasteiger partial charge in [-0.25, -0.2) is 0 Å². The van der Waals surface area contributed by atoms with Crippen molar-refractivity contribution in [1.82, 2.24) is 14.9 Å². The molecule has 34 heavy (non-hydrogen) atoms. The minimum Gasteiger partial charge on any atom is -0.378 e. The van der Waals surface area contributed by atoms with Gasteiger partial charge in [-0.1, -0.05) is 30.3 Å². The second kappa shape index (κ2) is 10.2. The molecular formula is C29H29N4O. The van der Waals surface area contributed by atoms with Crippen molar-refractivity contribution in [3.05, 3.63) is 90.9 Å². The number of morpholine rings is 1. The normalized spacial score (nSPS) is 13.9. The zero-order valence-electron chi connectivity index (χ0n) is 19.7. The van der Waals surface area contributed by atoms with E-state index in [1.54, 1.807) is 0 Å². The lowest BCUT2D eigenvalue weighted by Gasteiger charge is -2.28. The molecule has 0 aliphatic carbocycles. The summed E-state index contributed by atoms with van der Waals surface area (Å²) in [4.78, 5) is 13.7. The number of benzene rings is 2. The van der Waals surface area contributed by atoms with E-state index in [1.165, 1.54) is 11.3 Å². The van der Waals surface area contributed by atoms with E-state index in [-0.39, 0.29) is 0 Å².